The maximum absolute atomic E-state index is 12.3. The van der Waals surface area contributed by atoms with Gasteiger partial charge in [-0.15, -0.1) is 0 Å². The van der Waals surface area contributed by atoms with Gasteiger partial charge in [0.05, 0.1) is 6.20 Å². The zero-order valence-corrected chi connectivity index (χ0v) is 13.6. The summed E-state index contributed by atoms with van der Waals surface area (Å²) in [6, 6.07) is 0. The molecular formula is C16H29N3O. The number of hydrogen-bond donors (Lipinski definition) is 1. The molecule has 1 heterocycles. The fourth-order valence-corrected chi connectivity index (χ4v) is 2.24. The standard InChI is InChI=1S/C16H29N3O/c1-6-7-8-9-10-16(3,4)15(20)17-11-14-12-18-19(5)13(14)2/h12H,6-11H2,1-5H3,(H,17,20). The first-order chi connectivity index (χ1) is 9.38. The predicted molar refractivity (Wildman–Crippen MR) is 82.3 cm³/mol. The van der Waals surface area contributed by atoms with Gasteiger partial charge in [-0.2, -0.15) is 5.10 Å². The minimum absolute atomic E-state index is 0.136. The molecule has 0 atom stereocenters. The Bertz CT molecular complexity index is 435. The molecule has 0 radical (unpaired) electrons. The molecule has 4 nitrogen and oxygen atoms in total. The van der Waals surface area contributed by atoms with Crippen LogP contribution in [0.2, 0.25) is 0 Å². The number of nitrogens with zero attached hydrogens (tertiary/aromatic N) is 2. The second-order valence-corrected chi connectivity index (χ2v) is 6.26. The highest BCUT2D eigenvalue weighted by Crippen LogP contribution is 2.24. The summed E-state index contributed by atoms with van der Waals surface area (Å²) in [5.74, 6) is 0.136. The maximum atomic E-state index is 12.3. The number of carbonyl (C=O) groups excluding carboxylic acids is 1. The lowest BCUT2D eigenvalue weighted by Crippen LogP contribution is -2.36. The summed E-state index contributed by atoms with van der Waals surface area (Å²) < 4.78 is 1.83. The highest BCUT2D eigenvalue weighted by atomic mass is 16.2. The van der Waals surface area contributed by atoms with E-state index in [4.69, 9.17) is 0 Å². The van der Waals surface area contributed by atoms with E-state index in [1.165, 1.54) is 19.3 Å². The van der Waals surface area contributed by atoms with Gasteiger partial charge in [0.1, 0.15) is 0 Å². The van der Waals surface area contributed by atoms with Crippen molar-refractivity contribution in [2.45, 2.75) is 66.3 Å². The summed E-state index contributed by atoms with van der Waals surface area (Å²) in [6.07, 6.45) is 7.60. The zero-order valence-electron chi connectivity index (χ0n) is 13.6. The molecule has 20 heavy (non-hydrogen) atoms. The van der Waals surface area contributed by atoms with Crippen LogP contribution in [0.4, 0.5) is 0 Å². The third-order valence-corrected chi connectivity index (χ3v) is 4.05. The molecule has 0 aliphatic rings. The van der Waals surface area contributed by atoms with Crippen LogP contribution in [0.5, 0.6) is 0 Å². The lowest BCUT2D eigenvalue weighted by Gasteiger charge is -2.23. The highest BCUT2D eigenvalue weighted by molar-refractivity contribution is 5.81. The zero-order chi connectivity index (χ0) is 15.2. The molecule has 114 valence electrons. The van der Waals surface area contributed by atoms with Crippen molar-refractivity contribution in [1.29, 1.82) is 0 Å². The van der Waals surface area contributed by atoms with Crippen LogP contribution in [0.25, 0.3) is 0 Å². The van der Waals surface area contributed by atoms with E-state index >= 15 is 0 Å². The minimum atomic E-state index is -0.288. The van der Waals surface area contributed by atoms with Gasteiger partial charge in [-0.25, -0.2) is 0 Å². The van der Waals surface area contributed by atoms with Crippen molar-refractivity contribution < 1.29 is 4.79 Å². The van der Waals surface area contributed by atoms with Gasteiger partial charge in [0, 0.05) is 30.3 Å². The van der Waals surface area contributed by atoms with Gasteiger partial charge in [0.2, 0.25) is 5.91 Å². The van der Waals surface area contributed by atoms with Crippen LogP contribution >= 0.6 is 0 Å². The SMILES string of the molecule is CCCCCCC(C)(C)C(=O)NCc1cnn(C)c1C. The Hall–Kier alpha value is -1.32. The first kappa shape index (κ1) is 16.7. The molecule has 0 aromatic carbocycles. The number of nitrogens with one attached hydrogen (secondary N) is 1. The number of carbonyl (C=O) groups is 1. The lowest BCUT2D eigenvalue weighted by atomic mass is 9.85. The van der Waals surface area contributed by atoms with Crippen LogP contribution < -0.4 is 5.32 Å². The third kappa shape index (κ3) is 4.66. The topological polar surface area (TPSA) is 46.9 Å². The van der Waals surface area contributed by atoms with Crippen LogP contribution in [-0.4, -0.2) is 15.7 Å². The molecule has 1 N–H and O–H groups in total. The van der Waals surface area contributed by atoms with E-state index in [2.05, 4.69) is 17.3 Å². The Kier molecular flexibility index (Phi) is 6.24. The summed E-state index contributed by atoms with van der Waals surface area (Å²) in [5.41, 5.74) is 1.90. The number of hydrogen-bond acceptors (Lipinski definition) is 2. The molecule has 0 fully saturated rings. The van der Waals surface area contributed by atoms with Crippen molar-refractivity contribution in [2.75, 3.05) is 0 Å². The normalized spacial score (nSPS) is 11.7. The predicted octanol–water partition coefficient (Wildman–Crippen LogP) is 3.34. The average Bonchev–Trinajstić information content (AvgIpc) is 2.72. The average molecular weight is 279 g/mol. The van der Waals surface area contributed by atoms with Gasteiger partial charge < -0.3 is 5.32 Å². The van der Waals surface area contributed by atoms with E-state index in [-0.39, 0.29) is 11.3 Å². The van der Waals surface area contributed by atoms with Crippen LogP contribution in [0, 0.1) is 12.3 Å². The Labute approximate surface area is 122 Å². The van der Waals surface area contributed by atoms with E-state index in [1.54, 1.807) is 0 Å². The molecule has 1 amide bonds. The van der Waals surface area contributed by atoms with Crippen LogP contribution in [0.1, 0.15) is 64.1 Å². The molecule has 0 bridgehead atoms. The van der Waals surface area contributed by atoms with Crippen LogP contribution in [0.3, 0.4) is 0 Å². The molecule has 0 spiro atoms. The molecule has 0 aliphatic carbocycles. The summed E-state index contributed by atoms with van der Waals surface area (Å²) >= 11 is 0. The van der Waals surface area contributed by atoms with E-state index in [0.717, 1.165) is 24.1 Å². The minimum Gasteiger partial charge on any atom is -0.351 e. The molecular weight excluding hydrogens is 250 g/mol. The van der Waals surface area contributed by atoms with Crippen molar-refractivity contribution in [3.05, 3.63) is 17.5 Å². The van der Waals surface area contributed by atoms with Crippen molar-refractivity contribution in [3.63, 3.8) is 0 Å². The van der Waals surface area contributed by atoms with Crippen molar-refractivity contribution in [1.82, 2.24) is 15.1 Å². The molecule has 0 saturated heterocycles. The molecule has 0 aliphatic heterocycles. The molecule has 1 aromatic heterocycles. The number of unbranched alkanes of at least 4 members (excludes halogenated alkanes) is 3. The molecule has 4 heteroatoms. The fourth-order valence-electron chi connectivity index (χ4n) is 2.24. The fraction of sp³-hybridized carbons (Fsp3) is 0.750. The first-order valence-corrected chi connectivity index (χ1v) is 7.64. The van der Waals surface area contributed by atoms with Gasteiger partial charge >= 0.3 is 0 Å². The van der Waals surface area contributed by atoms with E-state index in [0.29, 0.717) is 6.54 Å². The number of amides is 1. The van der Waals surface area contributed by atoms with Crippen molar-refractivity contribution in [2.24, 2.45) is 12.5 Å². The Morgan fingerprint density at radius 1 is 1.35 bits per heavy atom. The quantitative estimate of drug-likeness (QED) is 0.742. The van der Waals surface area contributed by atoms with E-state index < -0.39 is 0 Å². The first-order valence-electron chi connectivity index (χ1n) is 7.64. The van der Waals surface area contributed by atoms with Crippen molar-refractivity contribution >= 4 is 5.91 Å². The number of aromatic nitrogens is 2. The van der Waals surface area contributed by atoms with Gasteiger partial charge in [0.25, 0.3) is 0 Å². The van der Waals surface area contributed by atoms with Gasteiger partial charge in [-0.05, 0) is 13.3 Å². The summed E-state index contributed by atoms with van der Waals surface area (Å²) in [6.45, 7) is 8.85. The van der Waals surface area contributed by atoms with E-state index in [1.807, 2.05) is 38.7 Å². The molecule has 1 aromatic rings. The Morgan fingerprint density at radius 3 is 2.60 bits per heavy atom. The second kappa shape index (κ2) is 7.46. The maximum Gasteiger partial charge on any atom is 0.225 e. The summed E-state index contributed by atoms with van der Waals surface area (Å²) in [4.78, 5) is 12.3. The van der Waals surface area contributed by atoms with Gasteiger partial charge in [-0.1, -0.05) is 46.5 Å². The third-order valence-electron chi connectivity index (χ3n) is 4.05. The number of aryl methyl sites for hydroxylation is 1. The highest BCUT2D eigenvalue weighted by Gasteiger charge is 2.26. The van der Waals surface area contributed by atoms with Gasteiger partial charge in [-0.3, -0.25) is 9.48 Å². The Morgan fingerprint density at radius 2 is 2.05 bits per heavy atom. The number of rotatable bonds is 8. The largest absolute Gasteiger partial charge is 0.351 e. The van der Waals surface area contributed by atoms with E-state index in [9.17, 15) is 4.79 Å². The second-order valence-electron chi connectivity index (χ2n) is 6.26. The van der Waals surface area contributed by atoms with Crippen LogP contribution in [0.15, 0.2) is 6.20 Å². The van der Waals surface area contributed by atoms with Crippen molar-refractivity contribution in [3.8, 4) is 0 Å². The molecule has 1 rings (SSSR count). The molecule has 0 saturated carbocycles. The molecule has 0 unspecified atom stereocenters. The van der Waals surface area contributed by atoms with Gasteiger partial charge in [0.15, 0.2) is 0 Å². The lowest BCUT2D eigenvalue weighted by molar-refractivity contribution is -0.129. The monoisotopic (exact) mass is 279 g/mol. The smallest absolute Gasteiger partial charge is 0.225 e. The Balaban J connectivity index is 2.42. The van der Waals surface area contributed by atoms with Crippen LogP contribution in [-0.2, 0) is 18.4 Å². The summed E-state index contributed by atoms with van der Waals surface area (Å²) in [7, 11) is 1.92. The summed E-state index contributed by atoms with van der Waals surface area (Å²) in [5, 5.41) is 7.23.